The Kier molecular flexibility index (Phi) is 6.78. The lowest BCUT2D eigenvalue weighted by molar-refractivity contribution is -0.122. The van der Waals surface area contributed by atoms with E-state index >= 15 is 0 Å². The summed E-state index contributed by atoms with van der Waals surface area (Å²) in [7, 11) is 0. The Morgan fingerprint density at radius 3 is 2.50 bits per heavy atom. The standard InChI is InChI=1S/C18H20ClN3O2/c1-2-20-18(24)22-17(23)16(14-8-4-3-5-9-14)21-12-13-7-6-10-15(19)11-13/h3-11,16,21H,2,12H2,1H3,(H2,20,22,23,24)/t16-/m1/s1. The summed E-state index contributed by atoms with van der Waals surface area (Å²) in [5, 5.41) is 8.71. The first-order valence-electron chi connectivity index (χ1n) is 7.71. The molecule has 0 fully saturated rings. The van der Waals surface area contributed by atoms with Crippen molar-refractivity contribution in [2.75, 3.05) is 6.54 Å². The van der Waals surface area contributed by atoms with Crippen molar-refractivity contribution in [1.29, 1.82) is 0 Å². The van der Waals surface area contributed by atoms with Gasteiger partial charge >= 0.3 is 6.03 Å². The third-order valence-corrected chi connectivity index (χ3v) is 3.60. The van der Waals surface area contributed by atoms with Gasteiger partial charge in [-0.05, 0) is 30.2 Å². The van der Waals surface area contributed by atoms with Crippen molar-refractivity contribution >= 4 is 23.5 Å². The molecule has 0 radical (unpaired) electrons. The number of benzene rings is 2. The minimum Gasteiger partial charge on any atom is -0.338 e. The Morgan fingerprint density at radius 2 is 1.83 bits per heavy atom. The lowest BCUT2D eigenvalue weighted by atomic mass is 10.1. The smallest absolute Gasteiger partial charge is 0.321 e. The summed E-state index contributed by atoms with van der Waals surface area (Å²) in [6.07, 6.45) is 0. The van der Waals surface area contributed by atoms with Crippen LogP contribution < -0.4 is 16.0 Å². The van der Waals surface area contributed by atoms with Crippen LogP contribution in [0.3, 0.4) is 0 Å². The highest BCUT2D eigenvalue weighted by Crippen LogP contribution is 2.15. The predicted molar refractivity (Wildman–Crippen MR) is 94.7 cm³/mol. The van der Waals surface area contributed by atoms with E-state index in [0.717, 1.165) is 11.1 Å². The molecule has 0 heterocycles. The van der Waals surface area contributed by atoms with E-state index in [-0.39, 0.29) is 0 Å². The molecule has 1 atom stereocenters. The van der Waals surface area contributed by atoms with E-state index in [2.05, 4.69) is 16.0 Å². The SMILES string of the molecule is CCNC(=O)NC(=O)[C@H](NCc1cccc(Cl)c1)c1ccccc1. The number of halogens is 1. The minimum absolute atomic E-state index is 0.408. The molecule has 2 aromatic rings. The average molecular weight is 346 g/mol. The second kappa shape index (κ2) is 9.05. The van der Waals surface area contributed by atoms with Crippen molar-refractivity contribution in [3.05, 3.63) is 70.7 Å². The molecule has 0 unspecified atom stereocenters. The average Bonchev–Trinajstić information content (AvgIpc) is 2.56. The van der Waals surface area contributed by atoms with Crippen LogP contribution in [0.4, 0.5) is 4.79 Å². The number of carbonyl (C=O) groups is 2. The zero-order valence-electron chi connectivity index (χ0n) is 13.4. The summed E-state index contributed by atoms with van der Waals surface area (Å²) in [6, 6.07) is 15.5. The number of urea groups is 1. The second-order valence-electron chi connectivity index (χ2n) is 5.20. The van der Waals surface area contributed by atoms with Gasteiger partial charge in [0.25, 0.3) is 0 Å². The maximum absolute atomic E-state index is 12.5. The van der Waals surface area contributed by atoms with E-state index in [1.807, 2.05) is 48.5 Å². The van der Waals surface area contributed by atoms with E-state index in [0.29, 0.717) is 18.1 Å². The Morgan fingerprint density at radius 1 is 1.08 bits per heavy atom. The quantitative estimate of drug-likeness (QED) is 0.753. The molecule has 0 spiro atoms. The molecule has 6 heteroatoms. The fourth-order valence-electron chi connectivity index (χ4n) is 2.26. The molecule has 24 heavy (non-hydrogen) atoms. The third-order valence-electron chi connectivity index (χ3n) is 3.37. The summed E-state index contributed by atoms with van der Waals surface area (Å²) in [5.74, 6) is -0.408. The molecule has 126 valence electrons. The summed E-state index contributed by atoms with van der Waals surface area (Å²) < 4.78 is 0. The normalized spacial score (nSPS) is 11.6. The molecule has 3 amide bonds. The highest BCUT2D eigenvalue weighted by Gasteiger charge is 2.21. The van der Waals surface area contributed by atoms with Gasteiger partial charge in [-0.3, -0.25) is 15.4 Å². The van der Waals surface area contributed by atoms with Crippen molar-refractivity contribution in [2.24, 2.45) is 0 Å². The molecule has 0 aliphatic rings. The highest BCUT2D eigenvalue weighted by atomic mass is 35.5. The zero-order valence-corrected chi connectivity index (χ0v) is 14.1. The Hall–Kier alpha value is -2.37. The van der Waals surface area contributed by atoms with Gasteiger partial charge in [0.2, 0.25) is 5.91 Å². The second-order valence-corrected chi connectivity index (χ2v) is 5.64. The Bertz CT molecular complexity index is 692. The molecule has 5 nitrogen and oxygen atoms in total. The first-order valence-corrected chi connectivity index (χ1v) is 8.09. The maximum Gasteiger partial charge on any atom is 0.321 e. The van der Waals surface area contributed by atoms with E-state index < -0.39 is 18.0 Å². The van der Waals surface area contributed by atoms with Crippen LogP contribution in [0.1, 0.15) is 24.1 Å². The fraction of sp³-hybridized carbons (Fsp3) is 0.222. The lowest BCUT2D eigenvalue weighted by Crippen LogP contribution is -2.44. The molecule has 2 rings (SSSR count). The molecular weight excluding hydrogens is 326 g/mol. The van der Waals surface area contributed by atoms with Gasteiger partial charge < -0.3 is 5.32 Å². The molecule has 0 aliphatic carbocycles. The summed E-state index contributed by atoms with van der Waals surface area (Å²) >= 11 is 5.98. The topological polar surface area (TPSA) is 70.2 Å². The Labute approximate surface area is 146 Å². The monoisotopic (exact) mass is 345 g/mol. The number of hydrogen-bond acceptors (Lipinski definition) is 3. The van der Waals surface area contributed by atoms with Gasteiger partial charge in [-0.25, -0.2) is 4.79 Å². The number of rotatable bonds is 6. The van der Waals surface area contributed by atoms with Crippen molar-refractivity contribution in [3.8, 4) is 0 Å². The van der Waals surface area contributed by atoms with Gasteiger partial charge in [0, 0.05) is 18.1 Å². The predicted octanol–water partition coefficient (Wildman–Crippen LogP) is 3.02. The van der Waals surface area contributed by atoms with Crippen LogP contribution in [0, 0.1) is 0 Å². The molecular formula is C18H20ClN3O2. The van der Waals surface area contributed by atoms with Gasteiger partial charge in [-0.15, -0.1) is 0 Å². The molecule has 0 aliphatic heterocycles. The van der Waals surface area contributed by atoms with Crippen LogP contribution >= 0.6 is 11.6 Å². The zero-order chi connectivity index (χ0) is 17.4. The van der Waals surface area contributed by atoms with Crippen LogP contribution in [0.15, 0.2) is 54.6 Å². The third kappa shape index (κ3) is 5.37. The van der Waals surface area contributed by atoms with Crippen LogP contribution in [0.2, 0.25) is 5.02 Å². The summed E-state index contributed by atoms with van der Waals surface area (Å²) in [4.78, 5) is 24.1. The molecule has 0 aromatic heterocycles. The van der Waals surface area contributed by atoms with E-state index in [9.17, 15) is 9.59 Å². The van der Waals surface area contributed by atoms with Crippen LogP contribution in [-0.4, -0.2) is 18.5 Å². The van der Waals surface area contributed by atoms with Gasteiger partial charge in [0.05, 0.1) is 0 Å². The van der Waals surface area contributed by atoms with Crippen molar-refractivity contribution in [3.63, 3.8) is 0 Å². The number of carbonyl (C=O) groups excluding carboxylic acids is 2. The van der Waals surface area contributed by atoms with Crippen molar-refractivity contribution in [2.45, 2.75) is 19.5 Å². The number of hydrogen-bond donors (Lipinski definition) is 3. The first-order chi connectivity index (χ1) is 11.6. The molecule has 3 N–H and O–H groups in total. The van der Waals surface area contributed by atoms with Gasteiger partial charge in [0.15, 0.2) is 0 Å². The lowest BCUT2D eigenvalue weighted by Gasteiger charge is -2.18. The number of nitrogens with one attached hydrogen (secondary N) is 3. The minimum atomic E-state index is -0.646. The van der Waals surface area contributed by atoms with E-state index in [1.165, 1.54) is 0 Å². The van der Waals surface area contributed by atoms with Crippen LogP contribution in [0.25, 0.3) is 0 Å². The molecule has 2 aromatic carbocycles. The first kappa shape index (κ1) is 18.0. The molecule has 0 saturated heterocycles. The fourth-order valence-corrected chi connectivity index (χ4v) is 2.48. The molecule has 0 bridgehead atoms. The van der Waals surface area contributed by atoms with Crippen LogP contribution in [0.5, 0.6) is 0 Å². The van der Waals surface area contributed by atoms with Gasteiger partial charge in [-0.2, -0.15) is 0 Å². The molecule has 0 saturated carbocycles. The van der Waals surface area contributed by atoms with Crippen molar-refractivity contribution in [1.82, 2.24) is 16.0 Å². The Balaban J connectivity index is 2.11. The number of imide groups is 1. The van der Waals surface area contributed by atoms with E-state index in [4.69, 9.17) is 11.6 Å². The van der Waals surface area contributed by atoms with E-state index in [1.54, 1.807) is 13.0 Å². The van der Waals surface area contributed by atoms with Crippen LogP contribution in [-0.2, 0) is 11.3 Å². The summed E-state index contributed by atoms with van der Waals surface area (Å²) in [5.41, 5.74) is 1.73. The maximum atomic E-state index is 12.5. The number of amides is 3. The van der Waals surface area contributed by atoms with Crippen molar-refractivity contribution < 1.29 is 9.59 Å². The highest BCUT2D eigenvalue weighted by molar-refractivity contribution is 6.30. The van der Waals surface area contributed by atoms with Gasteiger partial charge in [0.1, 0.15) is 6.04 Å². The largest absolute Gasteiger partial charge is 0.338 e. The summed E-state index contributed by atoms with van der Waals surface area (Å²) in [6.45, 7) is 2.68. The van der Waals surface area contributed by atoms with Gasteiger partial charge in [-0.1, -0.05) is 54.1 Å².